The van der Waals surface area contributed by atoms with E-state index in [1.807, 2.05) is 7.05 Å². The van der Waals surface area contributed by atoms with E-state index < -0.39 is 0 Å². The van der Waals surface area contributed by atoms with E-state index >= 15 is 0 Å². The van der Waals surface area contributed by atoms with Gasteiger partial charge in [0, 0.05) is 12.5 Å². The molecule has 1 fully saturated rings. The SMILES string of the molecule is CC(C1CC1)N(C)CC(=O)Cc1ccccc1F. The van der Waals surface area contributed by atoms with Crippen LogP contribution in [0.5, 0.6) is 0 Å². The second-order valence-corrected chi connectivity index (χ2v) is 5.30. The van der Waals surface area contributed by atoms with Crippen molar-refractivity contribution in [1.82, 2.24) is 4.90 Å². The molecular formula is C15H20FNO. The summed E-state index contributed by atoms with van der Waals surface area (Å²) in [5.74, 6) is 0.537. The fraction of sp³-hybridized carbons (Fsp3) is 0.533. The summed E-state index contributed by atoms with van der Waals surface area (Å²) in [5.41, 5.74) is 0.495. The summed E-state index contributed by atoms with van der Waals surface area (Å²) in [7, 11) is 1.97. The highest BCUT2D eigenvalue weighted by atomic mass is 19.1. The molecule has 2 nitrogen and oxygen atoms in total. The summed E-state index contributed by atoms with van der Waals surface area (Å²) in [6, 6.07) is 6.94. The zero-order chi connectivity index (χ0) is 13.1. The number of hydrogen-bond donors (Lipinski definition) is 0. The Morgan fingerprint density at radius 3 is 2.72 bits per heavy atom. The minimum Gasteiger partial charge on any atom is -0.298 e. The van der Waals surface area contributed by atoms with Gasteiger partial charge in [-0.3, -0.25) is 9.69 Å². The van der Waals surface area contributed by atoms with E-state index in [1.54, 1.807) is 18.2 Å². The lowest BCUT2D eigenvalue weighted by Gasteiger charge is -2.23. The Kier molecular flexibility index (Phi) is 4.12. The Morgan fingerprint density at radius 1 is 1.44 bits per heavy atom. The molecule has 98 valence electrons. The van der Waals surface area contributed by atoms with Crippen molar-refractivity contribution in [1.29, 1.82) is 0 Å². The average Bonchev–Trinajstić information content (AvgIpc) is 3.15. The minimum absolute atomic E-state index is 0.0788. The number of likely N-dealkylation sites (N-methyl/N-ethyl adjacent to an activating group) is 1. The zero-order valence-corrected chi connectivity index (χ0v) is 11.0. The van der Waals surface area contributed by atoms with Gasteiger partial charge in [-0.2, -0.15) is 0 Å². The maximum absolute atomic E-state index is 13.4. The van der Waals surface area contributed by atoms with Crippen molar-refractivity contribution >= 4 is 5.78 Å². The Labute approximate surface area is 108 Å². The third kappa shape index (κ3) is 3.39. The lowest BCUT2D eigenvalue weighted by atomic mass is 10.1. The molecule has 1 saturated carbocycles. The van der Waals surface area contributed by atoms with Gasteiger partial charge in [0.1, 0.15) is 5.82 Å². The van der Waals surface area contributed by atoms with Crippen molar-refractivity contribution in [3.05, 3.63) is 35.6 Å². The van der Waals surface area contributed by atoms with Crippen molar-refractivity contribution in [2.45, 2.75) is 32.2 Å². The van der Waals surface area contributed by atoms with Crippen molar-refractivity contribution < 1.29 is 9.18 Å². The van der Waals surface area contributed by atoms with Crippen LogP contribution < -0.4 is 0 Å². The van der Waals surface area contributed by atoms with E-state index in [1.165, 1.54) is 18.9 Å². The number of carbonyl (C=O) groups is 1. The molecule has 0 heterocycles. The number of Topliss-reactive ketones (excluding diaryl/α,β-unsaturated/α-hetero) is 1. The monoisotopic (exact) mass is 249 g/mol. The molecule has 0 aromatic heterocycles. The minimum atomic E-state index is -0.288. The van der Waals surface area contributed by atoms with E-state index in [9.17, 15) is 9.18 Å². The number of ketones is 1. The summed E-state index contributed by atoms with van der Waals surface area (Å²) in [6.07, 6.45) is 2.73. The first kappa shape index (κ1) is 13.2. The second-order valence-electron chi connectivity index (χ2n) is 5.30. The van der Waals surface area contributed by atoms with Crippen LogP contribution in [0.25, 0.3) is 0 Å². The smallest absolute Gasteiger partial charge is 0.151 e. The Bertz CT molecular complexity index is 428. The van der Waals surface area contributed by atoms with E-state index in [2.05, 4.69) is 11.8 Å². The number of halogens is 1. The lowest BCUT2D eigenvalue weighted by molar-refractivity contribution is -0.119. The summed E-state index contributed by atoms with van der Waals surface area (Å²) in [4.78, 5) is 14.0. The highest BCUT2D eigenvalue weighted by Gasteiger charge is 2.30. The maximum Gasteiger partial charge on any atom is 0.151 e. The van der Waals surface area contributed by atoms with Crippen LogP contribution in [0.2, 0.25) is 0 Å². The van der Waals surface area contributed by atoms with Crippen LogP contribution in [0.3, 0.4) is 0 Å². The molecule has 0 N–H and O–H groups in total. The van der Waals surface area contributed by atoms with Crippen LogP contribution in [0.1, 0.15) is 25.3 Å². The first-order valence-electron chi connectivity index (χ1n) is 6.53. The molecule has 1 atom stereocenters. The van der Waals surface area contributed by atoms with Crippen LogP contribution in [0.15, 0.2) is 24.3 Å². The Balaban J connectivity index is 1.86. The van der Waals surface area contributed by atoms with Crippen LogP contribution in [-0.4, -0.2) is 30.3 Å². The van der Waals surface area contributed by atoms with Gasteiger partial charge in [0.2, 0.25) is 0 Å². The van der Waals surface area contributed by atoms with Gasteiger partial charge in [-0.05, 0) is 44.4 Å². The summed E-state index contributed by atoms with van der Waals surface area (Å²) < 4.78 is 13.4. The molecule has 0 spiro atoms. The van der Waals surface area contributed by atoms with Gasteiger partial charge >= 0.3 is 0 Å². The van der Waals surface area contributed by atoms with Crippen molar-refractivity contribution in [3.8, 4) is 0 Å². The fourth-order valence-corrected chi connectivity index (χ4v) is 2.27. The molecule has 0 saturated heterocycles. The van der Waals surface area contributed by atoms with Gasteiger partial charge in [-0.25, -0.2) is 4.39 Å². The standard InChI is InChI=1S/C15H20FNO/c1-11(12-7-8-12)17(2)10-14(18)9-13-5-3-4-6-15(13)16/h3-6,11-12H,7-10H2,1-2H3. The number of benzene rings is 1. The Morgan fingerprint density at radius 2 is 2.11 bits per heavy atom. The summed E-state index contributed by atoms with van der Waals surface area (Å²) >= 11 is 0. The van der Waals surface area contributed by atoms with Gasteiger partial charge in [-0.1, -0.05) is 18.2 Å². The molecule has 1 aromatic carbocycles. The molecule has 1 aromatic rings. The first-order chi connectivity index (χ1) is 8.58. The molecule has 1 aliphatic carbocycles. The van der Waals surface area contributed by atoms with Crippen molar-refractivity contribution in [2.75, 3.05) is 13.6 Å². The van der Waals surface area contributed by atoms with Gasteiger partial charge in [0.05, 0.1) is 6.54 Å². The molecule has 1 aliphatic rings. The van der Waals surface area contributed by atoms with Crippen LogP contribution in [-0.2, 0) is 11.2 Å². The van der Waals surface area contributed by atoms with E-state index in [0.717, 1.165) is 5.92 Å². The lowest BCUT2D eigenvalue weighted by Crippen LogP contribution is -2.35. The van der Waals surface area contributed by atoms with Crippen molar-refractivity contribution in [3.63, 3.8) is 0 Å². The Hall–Kier alpha value is -1.22. The number of carbonyl (C=O) groups excluding carboxylic acids is 1. The topological polar surface area (TPSA) is 20.3 Å². The molecule has 3 heteroatoms. The molecule has 0 bridgehead atoms. The van der Waals surface area contributed by atoms with Crippen LogP contribution in [0.4, 0.5) is 4.39 Å². The molecule has 0 amide bonds. The first-order valence-corrected chi connectivity index (χ1v) is 6.53. The van der Waals surface area contributed by atoms with Crippen LogP contribution >= 0.6 is 0 Å². The second kappa shape index (κ2) is 5.61. The molecule has 0 radical (unpaired) electrons. The average molecular weight is 249 g/mol. The highest BCUT2D eigenvalue weighted by Crippen LogP contribution is 2.34. The number of hydrogen-bond acceptors (Lipinski definition) is 2. The van der Waals surface area contributed by atoms with Gasteiger partial charge < -0.3 is 0 Å². The number of rotatable bonds is 6. The largest absolute Gasteiger partial charge is 0.298 e. The van der Waals surface area contributed by atoms with Gasteiger partial charge in [-0.15, -0.1) is 0 Å². The molecule has 18 heavy (non-hydrogen) atoms. The quantitative estimate of drug-likeness (QED) is 0.772. The normalized spacial score (nSPS) is 16.9. The van der Waals surface area contributed by atoms with Crippen molar-refractivity contribution in [2.24, 2.45) is 5.92 Å². The molecule has 1 unspecified atom stereocenters. The third-order valence-electron chi connectivity index (χ3n) is 3.77. The molecule has 0 aliphatic heterocycles. The predicted molar refractivity (Wildman–Crippen MR) is 69.9 cm³/mol. The summed E-state index contributed by atoms with van der Waals surface area (Å²) in [5, 5.41) is 0. The maximum atomic E-state index is 13.4. The molecular weight excluding hydrogens is 229 g/mol. The van der Waals surface area contributed by atoms with E-state index in [4.69, 9.17) is 0 Å². The third-order valence-corrected chi connectivity index (χ3v) is 3.77. The predicted octanol–water partition coefficient (Wildman–Crippen LogP) is 2.67. The van der Waals surface area contributed by atoms with E-state index in [-0.39, 0.29) is 18.0 Å². The number of nitrogens with zero attached hydrogens (tertiary/aromatic N) is 1. The van der Waals surface area contributed by atoms with E-state index in [0.29, 0.717) is 18.2 Å². The fourth-order valence-electron chi connectivity index (χ4n) is 2.27. The summed E-state index contributed by atoms with van der Waals surface area (Å²) in [6.45, 7) is 2.57. The van der Waals surface area contributed by atoms with Gasteiger partial charge in [0.15, 0.2) is 5.78 Å². The van der Waals surface area contributed by atoms with Crippen LogP contribution in [0, 0.1) is 11.7 Å². The van der Waals surface area contributed by atoms with Gasteiger partial charge in [0.25, 0.3) is 0 Å². The zero-order valence-electron chi connectivity index (χ0n) is 11.0. The highest BCUT2D eigenvalue weighted by molar-refractivity contribution is 5.82. The molecule has 2 rings (SSSR count).